The van der Waals surface area contributed by atoms with Crippen LogP contribution in [0.3, 0.4) is 0 Å². The van der Waals surface area contributed by atoms with Gasteiger partial charge in [0, 0.05) is 12.8 Å². The molecule has 6 heteroatoms. The minimum atomic E-state index is -0.908. The Hall–Kier alpha value is -1.40. The number of esters is 2. The molecule has 118 valence electrons. The molecule has 2 unspecified atom stereocenters. The van der Waals surface area contributed by atoms with Crippen LogP contribution in [0.5, 0.6) is 0 Å². The molecule has 1 aliphatic heterocycles. The molecule has 2 aliphatic rings. The van der Waals surface area contributed by atoms with Gasteiger partial charge in [0.15, 0.2) is 5.79 Å². The van der Waals surface area contributed by atoms with E-state index in [0.717, 1.165) is 0 Å². The van der Waals surface area contributed by atoms with E-state index in [1.165, 1.54) is 14.2 Å². The van der Waals surface area contributed by atoms with Crippen molar-refractivity contribution in [3.8, 4) is 0 Å². The van der Waals surface area contributed by atoms with Gasteiger partial charge in [-0.2, -0.15) is 0 Å². The van der Waals surface area contributed by atoms with Gasteiger partial charge in [-0.25, -0.2) is 0 Å². The number of carbonyl (C=O) groups is 2. The first-order chi connectivity index (χ1) is 10.0. The highest BCUT2D eigenvalue weighted by molar-refractivity contribution is 5.80. The summed E-state index contributed by atoms with van der Waals surface area (Å²) >= 11 is 0. The summed E-state index contributed by atoms with van der Waals surface area (Å²) in [7, 11) is 2.69. The average Bonchev–Trinajstić information content (AvgIpc) is 2.92. The van der Waals surface area contributed by atoms with Crippen molar-refractivity contribution in [3.05, 3.63) is 12.7 Å². The van der Waals surface area contributed by atoms with E-state index in [0.29, 0.717) is 38.9 Å². The Kier molecular flexibility index (Phi) is 4.68. The van der Waals surface area contributed by atoms with E-state index in [2.05, 4.69) is 6.58 Å². The normalized spacial score (nSPS) is 30.9. The summed E-state index contributed by atoms with van der Waals surface area (Å²) < 4.78 is 21.3. The number of rotatable bonds is 4. The molecule has 0 radical (unpaired) electrons. The molecule has 0 amide bonds. The number of hydrogen-bond donors (Lipinski definition) is 0. The van der Waals surface area contributed by atoms with Gasteiger partial charge < -0.3 is 18.9 Å². The molecular formula is C15H22O6. The number of carbonyl (C=O) groups excluding carboxylic acids is 2. The van der Waals surface area contributed by atoms with E-state index in [-0.39, 0.29) is 11.9 Å². The quantitative estimate of drug-likeness (QED) is 0.578. The fraction of sp³-hybridized carbons (Fsp3) is 0.733. The summed E-state index contributed by atoms with van der Waals surface area (Å²) in [6.07, 6.45) is 3.19. The van der Waals surface area contributed by atoms with Gasteiger partial charge in [-0.05, 0) is 12.8 Å². The number of ether oxygens (including phenoxy) is 4. The van der Waals surface area contributed by atoms with Crippen molar-refractivity contribution in [1.82, 2.24) is 0 Å². The monoisotopic (exact) mass is 298 g/mol. The third kappa shape index (κ3) is 2.96. The third-order valence-corrected chi connectivity index (χ3v) is 4.30. The SMILES string of the molecule is C=CCC1(C(=O)OC)CC(C(=O)OC)CC2(C1)OCCO2. The topological polar surface area (TPSA) is 71.1 Å². The van der Waals surface area contributed by atoms with Crippen molar-refractivity contribution in [3.63, 3.8) is 0 Å². The van der Waals surface area contributed by atoms with Gasteiger partial charge in [0.05, 0.1) is 38.8 Å². The fourth-order valence-electron chi connectivity index (χ4n) is 3.52. The highest BCUT2D eigenvalue weighted by atomic mass is 16.7. The van der Waals surface area contributed by atoms with Crippen LogP contribution in [0.4, 0.5) is 0 Å². The minimum absolute atomic E-state index is 0.354. The van der Waals surface area contributed by atoms with Crippen LogP contribution in [-0.2, 0) is 28.5 Å². The summed E-state index contributed by atoms with van der Waals surface area (Å²) in [5, 5.41) is 0. The molecule has 2 fully saturated rings. The smallest absolute Gasteiger partial charge is 0.312 e. The van der Waals surface area contributed by atoms with Gasteiger partial charge in [-0.3, -0.25) is 9.59 Å². The van der Waals surface area contributed by atoms with Crippen molar-refractivity contribution in [2.75, 3.05) is 27.4 Å². The van der Waals surface area contributed by atoms with E-state index in [4.69, 9.17) is 18.9 Å². The first kappa shape index (κ1) is 16.0. The maximum absolute atomic E-state index is 12.3. The highest BCUT2D eigenvalue weighted by Crippen LogP contribution is 2.51. The molecule has 2 rings (SSSR count). The van der Waals surface area contributed by atoms with Crippen molar-refractivity contribution >= 4 is 11.9 Å². The third-order valence-electron chi connectivity index (χ3n) is 4.30. The van der Waals surface area contributed by atoms with Crippen LogP contribution in [0.15, 0.2) is 12.7 Å². The predicted molar refractivity (Wildman–Crippen MR) is 73.3 cm³/mol. The molecule has 1 spiro atoms. The maximum atomic E-state index is 12.3. The summed E-state index contributed by atoms with van der Waals surface area (Å²) in [5.41, 5.74) is -0.863. The lowest BCUT2D eigenvalue weighted by Gasteiger charge is -2.45. The fourth-order valence-corrected chi connectivity index (χ4v) is 3.52. The summed E-state index contributed by atoms with van der Waals surface area (Å²) in [6, 6.07) is 0. The molecule has 21 heavy (non-hydrogen) atoms. The molecule has 0 aromatic rings. The van der Waals surface area contributed by atoms with Gasteiger partial charge in [-0.15, -0.1) is 6.58 Å². The standard InChI is InChI=1S/C15H22O6/c1-4-5-14(13(17)19-3)8-11(12(16)18-2)9-15(10-14)20-6-7-21-15/h4,11H,1,5-10H2,2-3H3. The Morgan fingerprint density at radius 1 is 1.24 bits per heavy atom. The van der Waals surface area contributed by atoms with Gasteiger partial charge in [0.25, 0.3) is 0 Å². The largest absolute Gasteiger partial charge is 0.469 e. The molecular weight excluding hydrogens is 276 g/mol. The van der Waals surface area contributed by atoms with Gasteiger partial charge in [-0.1, -0.05) is 6.08 Å². The molecule has 1 saturated carbocycles. The van der Waals surface area contributed by atoms with E-state index in [1.807, 2.05) is 0 Å². The number of methoxy groups -OCH3 is 2. The second-order valence-electron chi connectivity index (χ2n) is 5.68. The van der Waals surface area contributed by atoms with Crippen molar-refractivity contribution in [2.45, 2.75) is 31.5 Å². The second-order valence-corrected chi connectivity index (χ2v) is 5.68. The molecule has 0 aromatic carbocycles. The highest BCUT2D eigenvalue weighted by Gasteiger charge is 2.57. The Labute approximate surface area is 124 Å². The molecule has 1 saturated heterocycles. The van der Waals surface area contributed by atoms with Crippen molar-refractivity contribution < 1.29 is 28.5 Å². The second kappa shape index (κ2) is 6.15. The average molecular weight is 298 g/mol. The number of allylic oxidation sites excluding steroid dienone is 1. The zero-order valence-electron chi connectivity index (χ0n) is 12.6. The van der Waals surface area contributed by atoms with Crippen LogP contribution in [0, 0.1) is 11.3 Å². The van der Waals surface area contributed by atoms with Crippen LogP contribution in [0.1, 0.15) is 25.7 Å². The van der Waals surface area contributed by atoms with Gasteiger partial charge in [0.1, 0.15) is 0 Å². The van der Waals surface area contributed by atoms with Crippen molar-refractivity contribution in [2.24, 2.45) is 11.3 Å². The molecule has 1 aliphatic carbocycles. The van der Waals surface area contributed by atoms with Crippen LogP contribution < -0.4 is 0 Å². The Morgan fingerprint density at radius 2 is 1.90 bits per heavy atom. The molecule has 0 bridgehead atoms. The van der Waals surface area contributed by atoms with E-state index in [9.17, 15) is 9.59 Å². The Morgan fingerprint density at radius 3 is 2.43 bits per heavy atom. The molecule has 6 nitrogen and oxygen atoms in total. The van der Waals surface area contributed by atoms with Gasteiger partial charge >= 0.3 is 11.9 Å². The summed E-state index contributed by atoms with van der Waals surface area (Å²) in [4.78, 5) is 24.3. The first-order valence-corrected chi connectivity index (χ1v) is 7.06. The lowest BCUT2D eigenvalue weighted by atomic mass is 9.65. The molecule has 0 N–H and O–H groups in total. The molecule has 2 atom stereocenters. The van der Waals surface area contributed by atoms with Crippen molar-refractivity contribution in [1.29, 1.82) is 0 Å². The minimum Gasteiger partial charge on any atom is -0.469 e. The van der Waals surface area contributed by atoms with E-state index < -0.39 is 17.1 Å². The van der Waals surface area contributed by atoms with Crippen LogP contribution >= 0.6 is 0 Å². The van der Waals surface area contributed by atoms with Crippen LogP contribution in [-0.4, -0.2) is 45.2 Å². The Bertz CT molecular complexity index is 426. The van der Waals surface area contributed by atoms with Crippen LogP contribution in [0.25, 0.3) is 0 Å². The lowest BCUT2D eigenvalue weighted by molar-refractivity contribution is -0.223. The van der Waals surface area contributed by atoms with Gasteiger partial charge in [0.2, 0.25) is 0 Å². The molecule has 1 heterocycles. The summed E-state index contributed by atoms with van der Waals surface area (Å²) in [5.74, 6) is -2.09. The number of hydrogen-bond acceptors (Lipinski definition) is 6. The van der Waals surface area contributed by atoms with E-state index >= 15 is 0 Å². The van der Waals surface area contributed by atoms with Crippen LogP contribution in [0.2, 0.25) is 0 Å². The van der Waals surface area contributed by atoms with E-state index in [1.54, 1.807) is 6.08 Å². The Balaban J connectivity index is 2.35. The first-order valence-electron chi connectivity index (χ1n) is 7.06. The zero-order valence-corrected chi connectivity index (χ0v) is 12.6. The molecule has 0 aromatic heterocycles. The maximum Gasteiger partial charge on any atom is 0.312 e. The lowest BCUT2D eigenvalue weighted by Crippen LogP contribution is -2.51. The summed E-state index contributed by atoms with van der Waals surface area (Å²) in [6.45, 7) is 4.63. The predicted octanol–water partition coefficient (Wildman–Crippen LogP) is 1.44. The zero-order chi connectivity index (χ0) is 15.5.